The van der Waals surface area contributed by atoms with E-state index in [1.165, 1.54) is 0 Å². The van der Waals surface area contributed by atoms with Gasteiger partial charge in [-0.3, -0.25) is 4.68 Å². The number of hydrogen-bond donors (Lipinski definition) is 1. The molecule has 2 rings (SSSR count). The molecule has 1 heterocycles. The molecule has 0 amide bonds. The van der Waals surface area contributed by atoms with Gasteiger partial charge in [-0.2, -0.15) is 5.10 Å². The topological polar surface area (TPSA) is 39.1 Å². The van der Waals surface area contributed by atoms with Gasteiger partial charge >= 0.3 is 0 Å². The molecule has 1 aromatic heterocycles. The van der Waals surface area contributed by atoms with Crippen LogP contribution in [0, 0.1) is 0 Å². The summed E-state index contributed by atoms with van der Waals surface area (Å²) < 4.78 is 7.17. The van der Waals surface area contributed by atoms with Crippen molar-refractivity contribution in [1.29, 1.82) is 0 Å². The van der Waals surface area contributed by atoms with E-state index in [1.807, 2.05) is 42.2 Å². The summed E-state index contributed by atoms with van der Waals surface area (Å²) in [7, 11) is 3.62. The van der Waals surface area contributed by atoms with Gasteiger partial charge in [0.1, 0.15) is 5.75 Å². The van der Waals surface area contributed by atoms with Crippen LogP contribution in [0.4, 0.5) is 0 Å². The summed E-state index contributed by atoms with van der Waals surface area (Å²) in [5.74, 6) is 0.915. The molecule has 0 saturated carbocycles. The Morgan fingerprint density at radius 3 is 2.78 bits per heavy atom. The molecular weight excluding hydrogens is 226 g/mol. The number of methoxy groups -OCH3 is 1. The molecule has 0 bridgehead atoms. The predicted molar refractivity (Wildman–Crippen MR) is 71.5 cm³/mol. The molecule has 0 fully saturated rings. The van der Waals surface area contributed by atoms with Crippen molar-refractivity contribution < 1.29 is 4.74 Å². The Morgan fingerprint density at radius 1 is 1.33 bits per heavy atom. The number of aryl methyl sites for hydroxylation is 1. The Kier molecular flexibility index (Phi) is 3.99. The smallest absolute Gasteiger partial charge is 0.123 e. The van der Waals surface area contributed by atoms with Crippen molar-refractivity contribution in [2.45, 2.75) is 19.5 Å². The molecule has 2 aromatic rings. The molecule has 96 valence electrons. The second-order valence-electron chi connectivity index (χ2n) is 4.33. The van der Waals surface area contributed by atoms with Crippen LogP contribution in [0.25, 0.3) is 0 Å². The van der Waals surface area contributed by atoms with E-state index in [9.17, 15) is 0 Å². The third-order valence-electron chi connectivity index (χ3n) is 2.96. The largest absolute Gasteiger partial charge is 0.496 e. The highest BCUT2D eigenvalue weighted by Gasteiger charge is 2.10. The minimum atomic E-state index is 0.225. The number of aromatic nitrogens is 2. The zero-order valence-electron chi connectivity index (χ0n) is 11.1. The van der Waals surface area contributed by atoms with Crippen LogP contribution >= 0.6 is 0 Å². The molecule has 4 heteroatoms. The van der Waals surface area contributed by atoms with E-state index in [0.717, 1.165) is 23.6 Å². The van der Waals surface area contributed by atoms with Gasteiger partial charge < -0.3 is 10.1 Å². The molecule has 0 aliphatic heterocycles. The van der Waals surface area contributed by atoms with Gasteiger partial charge in [-0.1, -0.05) is 18.2 Å². The number of rotatable bonds is 5. The van der Waals surface area contributed by atoms with Gasteiger partial charge in [-0.05, 0) is 19.1 Å². The number of hydrogen-bond acceptors (Lipinski definition) is 3. The number of nitrogens with zero attached hydrogens (tertiary/aromatic N) is 2. The minimum absolute atomic E-state index is 0.225. The van der Waals surface area contributed by atoms with Gasteiger partial charge in [0.2, 0.25) is 0 Å². The molecule has 1 aromatic carbocycles. The number of ether oxygens (including phenoxy) is 1. The van der Waals surface area contributed by atoms with Crippen molar-refractivity contribution in [3.8, 4) is 5.75 Å². The van der Waals surface area contributed by atoms with Gasteiger partial charge in [0.05, 0.1) is 12.8 Å². The Bertz CT molecular complexity index is 507. The summed E-state index contributed by atoms with van der Waals surface area (Å²) in [6, 6.07) is 10.3. The van der Waals surface area contributed by atoms with Gasteiger partial charge in [-0.25, -0.2) is 0 Å². The Hall–Kier alpha value is -1.81. The van der Waals surface area contributed by atoms with Crippen molar-refractivity contribution in [2.75, 3.05) is 7.11 Å². The first-order valence-corrected chi connectivity index (χ1v) is 6.05. The van der Waals surface area contributed by atoms with E-state index in [1.54, 1.807) is 7.11 Å². The molecule has 4 nitrogen and oxygen atoms in total. The van der Waals surface area contributed by atoms with E-state index in [-0.39, 0.29) is 6.04 Å². The van der Waals surface area contributed by atoms with E-state index in [0.29, 0.717) is 0 Å². The molecule has 18 heavy (non-hydrogen) atoms. The summed E-state index contributed by atoms with van der Waals surface area (Å²) >= 11 is 0. The lowest BCUT2D eigenvalue weighted by Gasteiger charge is -2.16. The SMILES string of the molecule is COc1ccccc1C(C)NCc1ccn(C)n1. The standard InChI is InChI=1S/C14H19N3O/c1-11(13-6-4-5-7-14(13)18-3)15-10-12-8-9-17(2)16-12/h4-9,11,15H,10H2,1-3H3. The van der Waals surface area contributed by atoms with Crippen LogP contribution in [0.3, 0.4) is 0 Å². The van der Waals surface area contributed by atoms with Crippen molar-refractivity contribution in [3.63, 3.8) is 0 Å². The number of benzene rings is 1. The third-order valence-corrected chi connectivity index (χ3v) is 2.96. The first-order valence-electron chi connectivity index (χ1n) is 6.05. The van der Waals surface area contributed by atoms with Crippen LogP contribution in [0.5, 0.6) is 5.75 Å². The molecule has 0 radical (unpaired) electrons. The average molecular weight is 245 g/mol. The maximum atomic E-state index is 5.36. The maximum absolute atomic E-state index is 5.36. The van der Waals surface area contributed by atoms with E-state index in [4.69, 9.17) is 4.74 Å². The van der Waals surface area contributed by atoms with Crippen molar-refractivity contribution in [2.24, 2.45) is 7.05 Å². The Balaban J connectivity index is 2.01. The van der Waals surface area contributed by atoms with Crippen LogP contribution in [-0.2, 0) is 13.6 Å². The summed E-state index contributed by atoms with van der Waals surface area (Å²) in [4.78, 5) is 0. The van der Waals surface area contributed by atoms with E-state index >= 15 is 0 Å². The van der Waals surface area contributed by atoms with Crippen LogP contribution in [-0.4, -0.2) is 16.9 Å². The second kappa shape index (κ2) is 5.69. The predicted octanol–water partition coefficient (Wildman–Crippen LogP) is 2.28. The summed E-state index contributed by atoms with van der Waals surface area (Å²) in [5, 5.41) is 7.79. The van der Waals surface area contributed by atoms with Crippen LogP contribution in [0.15, 0.2) is 36.5 Å². The molecule has 0 spiro atoms. The zero-order chi connectivity index (χ0) is 13.0. The highest BCUT2D eigenvalue weighted by Crippen LogP contribution is 2.24. The molecule has 1 atom stereocenters. The first-order chi connectivity index (χ1) is 8.70. The average Bonchev–Trinajstić information content (AvgIpc) is 2.81. The molecular formula is C14H19N3O. The fourth-order valence-corrected chi connectivity index (χ4v) is 1.95. The quantitative estimate of drug-likeness (QED) is 0.878. The van der Waals surface area contributed by atoms with Gasteiger partial charge in [-0.15, -0.1) is 0 Å². The molecule has 0 aliphatic carbocycles. The fourth-order valence-electron chi connectivity index (χ4n) is 1.95. The second-order valence-corrected chi connectivity index (χ2v) is 4.33. The van der Waals surface area contributed by atoms with Crippen molar-refractivity contribution >= 4 is 0 Å². The Labute approximate surface area is 108 Å². The summed E-state index contributed by atoms with van der Waals surface area (Å²) in [6.45, 7) is 2.88. The first kappa shape index (κ1) is 12.6. The highest BCUT2D eigenvalue weighted by molar-refractivity contribution is 5.35. The number of para-hydroxylation sites is 1. The van der Waals surface area contributed by atoms with Crippen molar-refractivity contribution in [1.82, 2.24) is 15.1 Å². The number of nitrogens with one attached hydrogen (secondary N) is 1. The van der Waals surface area contributed by atoms with Crippen LogP contribution in [0.2, 0.25) is 0 Å². The molecule has 1 unspecified atom stereocenters. The maximum Gasteiger partial charge on any atom is 0.123 e. The minimum Gasteiger partial charge on any atom is -0.496 e. The lowest BCUT2D eigenvalue weighted by molar-refractivity contribution is 0.401. The monoisotopic (exact) mass is 245 g/mol. The zero-order valence-corrected chi connectivity index (χ0v) is 11.1. The lowest BCUT2D eigenvalue weighted by atomic mass is 10.1. The summed E-state index contributed by atoms with van der Waals surface area (Å²) in [5.41, 5.74) is 2.20. The van der Waals surface area contributed by atoms with Crippen LogP contribution < -0.4 is 10.1 Å². The van der Waals surface area contributed by atoms with Gasteiger partial charge in [0.25, 0.3) is 0 Å². The molecule has 0 aliphatic rings. The summed E-state index contributed by atoms with van der Waals surface area (Å²) in [6.07, 6.45) is 1.95. The fraction of sp³-hybridized carbons (Fsp3) is 0.357. The van der Waals surface area contributed by atoms with Crippen molar-refractivity contribution in [3.05, 3.63) is 47.8 Å². The van der Waals surface area contributed by atoms with E-state index in [2.05, 4.69) is 23.4 Å². The van der Waals surface area contributed by atoms with Crippen LogP contribution in [0.1, 0.15) is 24.2 Å². The van der Waals surface area contributed by atoms with Gasteiger partial charge in [0, 0.05) is 31.4 Å². The molecule has 1 N–H and O–H groups in total. The highest BCUT2D eigenvalue weighted by atomic mass is 16.5. The normalized spacial score (nSPS) is 12.4. The van der Waals surface area contributed by atoms with Gasteiger partial charge in [0.15, 0.2) is 0 Å². The van der Waals surface area contributed by atoms with E-state index < -0.39 is 0 Å². The Morgan fingerprint density at radius 2 is 2.11 bits per heavy atom. The third kappa shape index (κ3) is 2.90. The lowest BCUT2D eigenvalue weighted by Crippen LogP contribution is -2.19. The molecule has 0 saturated heterocycles.